The van der Waals surface area contributed by atoms with Crippen LogP contribution in [0.5, 0.6) is 0 Å². The van der Waals surface area contributed by atoms with E-state index in [4.69, 9.17) is 0 Å². The number of hydrogen-bond donors (Lipinski definition) is 1. The molecule has 1 aliphatic carbocycles. The number of hydrogen-bond acceptors (Lipinski definition) is 1. The maximum Gasteiger partial charge on any atom is 0.244 e. The second kappa shape index (κ2) is 7.96. The molecule has 0 aromatic heterocycles. The number of benzene rings is 1. The first kappa shape index (κ1) is 15.8. The third-order valence-electron chi connectivity index (χ3n) is 4.62. The molecule has 0 saturated carbocycles. The van der Waals surface area contributed by atoms with Crippen LogP contribution in [0.1, 0.15) is 44.1 Å². The van der Waals surface area contributed by atoms with Crippen LogP contribution in [0.4, 0.5) is 0 Å². The monoisotopic (exact) mass is 307 g/mol. The van der Waals surface area contributed by atoms with E-state index in [2.05, 4.69) is 47.8 Å². The van der Waals surface area contributed by atoms with E-state index in [1.807, 2.05) is 6.07 Å². The van der Waals surface area contributed by atoms with Crippen molar-refractivity contribution in [1.29, 1.82) is 0 Å². The van der Waals surface area contributed by atoms with Gasteiger partial charge in [0.15, 0.2) is 0 Å². The Hall–Kier alpha value is -2.09. The Balaban J connectivity index is 1.53. The predicted molar refractivity (Wildman–Crippen MR) is 95.1 cm³/mol. The first-order valence-corrected chi connectivity index (χ1v) is 8.72. The van der Waals surface area contributed by atoms with Crippen molar-refractivity contribution in [3.63, 3.8) is 0 Å². The van der Waals surface area contributed by atoms with Crippen LogP contribution in [0.3, 0.4) is 0 Å². The summed E-state index contributed by atoms with van der Waals surface area (Å²) in [7, 11) is 0. The van der Waals surface area contributed by atoms with Gasteiger partial charge in [-0.05, 0) is 56.1 Å². The third kappa shape index (κ3) is 4.69. The minimum atomic E-state index is 0.0555. The van der Waals surface area contributed by atoms with Crippen LogP contribution in [-0.4, -0.2) is 11.9 Å². The molecule has 0 saturated heterocycles. The van der Waals surface area contributed by atoms with Crippen LogP contribution < -0.4 is 5.32 Å². The summed E-state index contributed by atoms with van der Waals surface area (Å²) in [5, 5.41) is 3.08. The molecule has 120 valence electrons. The first-order valence-electron chi connectivity index (χ1n) is 8.72. The topological polar surface area (TPSA) is 29.1 Å². The summed E-state index contributed by atoms with van der Waals surface area (Å²) >= 11 is 0. The summed E-state index contributed by atoms with van der Waals surface area (Å²) in [4.78, 5) is 11.7. The number of carbonyl (C=O) groups excluding carboxylic acids is 1. The van der Waals surface area contributed by atoms with E-state index in [1.165, 1.54) is 42.4 Å². The molecule has 1 amide bonds. The SMILES string of the molecule is O=C1C=C(CC/C=C/C2=CCCCC2)[C@H](Cc2ccccc2)N1. The molecule has 0 fully saturated rings. The molecule has 0 radical (unpaired) electrons. The summed E-state index contributed by atoms with van der Waals surface area (Å²) in [5.74, 6) is 0.0555. The second-order valence-corrected chi connectivity index (χ2v) is 6.44. The molecule has 0 unspecified atom stereocenters. The summed E-state index contributed by atoms with van der Waals surface area (Å²) in [6.07, 6.45) is 16.6. The van der Waals surface area contributed by atoms with Crippen molar-refractivity contribution in [3.05, 3.63) is 71.3 Å². The Morgan fingerprint density at radius 1 is 1.17 bits per heavy atom. The zero-order valence-corrected chi connectivity index (χ0v) is 13.6. The van der Waals surface area contributed by atoms with Gasteiger partial charge in [-0.2, -0.15) is 0 Å². The summed E-state index contributed by atoms with van der Waals surface area (Å²) in [6.45, 7) is 0. The largest absolute Gasteiger partial charge is 0.346 e. The van der Waals surface area contributed by atoms with Crippen molar-refractivity contribution in [3.8, 4) is 0 Å². The van der Waals surface area contributed by atoms with Gasteiger partial charge >= 0.3 is 0 Å². The third-order valence-corrected chi connectivity index (χ3v) is 4.62. The van der Waals surface area contributed by atoms with Gasteiger partial charge in [-0.15, -0.1) is 0 Å². The minimum Gasteiger partial charge on any atom is -0.346 e. The van der Waals surface area contributed by atoms with E-state index in [1.54, 1.807) is 6.08 Å². The number of rotatable bonds is 6. The quantitative estimate of drug-likeness (QED) is 0.824. The van der Waals surface area contributed by atoms with Gasteiger partial charge in [0.05, 0.1) is 6.04 Å². The Kier molecular flexibility index (Phi) is 5.46. The molecule has 1 heterocycles. The zero-order valence-electron chi connectivity index (χ0n) is 13.6. The van der Waals surface area contributed by atoms with Gasteiger partial charge in [0.25, 0.3) is 0 Å². The normalized spacial score (nSPS) is 21.2. The average molecular weight is 307 g/mol. The van der Waals surface area contributed by atoms with Crippen LogP contribution in [-0.2, 0) is 11.2 Å². The highest BCUT2D eigenvalue weighted by Gasteiger charge is 2.22. The molecule has 1 N–H and O–H groups in total. The molecular formula is C21H25NO. The van der Waals surface area contributed by atoms with E-state index in [0.717, 1.165) is 19.3 Å². The van der Waals surface area contributed by atoms with Crippen LogP contribution in [0.15, 0.2) is 65.8 Å². The molecule has 0 bridgehead atoms. The van der Waals surface area contributed by atoms with Gasteiger partial charge in [0.2, 0.25) is 5.91 Å². The highest BCUT2D eigenvalue weighted by molar-refractivity contribution is 5.91. The number of allylic oxidation sites excluding steroid dienone is 4. The van der Waals surface area contributed by atoms with Crippen molar-refractivity contribution in [2.45, 2.75) is 51.0 Å². The van der Waals surface area contributed by atoms with Crippen LogP contribution in [0, 0.1) is 0 Å². The van der Waals surface area contributed by atoms with E-state index in [9.17, 15) is 4.79 Å². The Bertz CT molecular complexity index is 625. The highest BCUT2D eigenvalue weighted by atomic mass is 16.1. The molecule has 1 aromatic rings. The van der Waals surface area contributed by atoms with E-state index < -0.39 is 0 Å². The Labute approximate surface area is 139 Å². The summed E-state index contributed by atoms with van der Waals surface area (Å²) in [6, 6.07) is 10.5. The second-order valence-electron chi connectivity index (χ2n) is 6.44. The molecule has 1 aromatic carbocycles. The fourth-order valence-corrected chi connectivity index (χ4v) is 3.35. The summed E-state index contributed by atoms with van der Waals surface area (Å²) in [5.41, 5.74) is 3.99. The fraction of sp³-hybridized carbons (Fsp3) is 0.381. The maximum absolute atomic E-state index is 11.7. The first-order chi connectivity index (χ1) is 11.3. The van der Waals surface area contributed by atoms with Gasteiger partial charge in [0.1, 0.15) is 0 Å². The van der Waals surface area contributed by atoms with Gasteiger partial charge in [-0.3, -0.25) is 4.79 Å². The Morgan fingerprint density at radius 3 is 2.83 bits per heavy atom. The number of carbonyl (C=O) groups is 1. The molecule has 23 heavy (non-hydrogen) atoms. The van der Waals surface area contributed by atoms with E-state index in [-0.39, 0.29) is 11.9 Å². The fourth-order valence-electron chi connectivity index (χ4n) is 3.35. The maximum atomic E-state index is 11.7. The van der Waals surface area contributed by atoms with E-state index >= 15 is 0 Å². The van der Waals surface area contributed by atoms with Gasteiger partial charge in [0, 0.05) is 6.08 Å². The van der Waals surface area contributed by atoms with Gasteiger partial charge < -0.3 is 5.32 Å². The van der Waals surface area contributed by atoms with E-state index in [0.29, 0.717) is 0 Å². The lowest BCUT2D eigenvalue weighted by Crippen LogP contribution is -2.30. The van der Waals surface area contributed by atoms with Crippen molar-refractivity contribution >= 4 is 5.91 Å². The van der Waals surface area contributed by atoms with Crippen molar-refractivity contribution in [2.75, 3.05) is 0 Å². The molecule has 3 rings (SSSR count). The Morgan fingerprint density at radius 2 is 2.04 bits per heavy atom. The standard InChI is InChI=1S/C21H25NO/c23-21-16-19(14-8-7-11-17-9-3-1-4-10-17)20(22-21)15-18-12-5-2-6-13-18/h2,5-7,9,11-13,16,20H,1,3-4,8,10,14-15H2,(H,22,23)/b11-7+/t20-/m0/s1. The predicted octanol–water partition coefficient (Wildman–Crippen LogP) is 4.49. The van der Waals surface area contributed by atoms with Gasteiger partial charge in [-0.1, -0.05) is 54.1 Å². The molecule has 0 spiro atoms. The lowest BCUT2D eigenvalue weighted by Gasteiger charge is -2.15. The number of nitrogens with one attached hydrogen (secondary N) is 1. The molecule has 1 aliphatic heterocycles. The zero-order chi connectivity index (χ0) is 15.9. The van der Waals surface area contributed by atoms with Gasteiger partial charge in [-0.25, -0.2) is 0 Å². The van der Waals surface area contributed by atoms with Crippen molar-refractivity contribution in [1.82, 2.24) is 5.32 Å². The lowest BCUT2D eigenvalue weighted by atomic mass is 9.96. The van der Waals surface area contributed by atoms with Crippen LogP contribution in [0.2, 0.25) is 0 Å². The molecule has 2 aliphatic rings. The smallest absolute Gasteiger partial charge is 0.244 e. The van der Waals surface area contributed by atoms with Crippen LogP contribution in [0.25, 0.3) is 0 Å². The minimum absolute atomic E-state index is 0.0555. The highest BCUT2D eigenvalue weighted by Crippen LogP contribution is 2.21. The lowest BCUT2D eigenvalue weighted by molar-refractivity contribution is -0.116. The molecule has 2 heteroatoms. The number of amides is 1. The van der Waals surface area contributed by atoms with Crippen molar-refractivity contribution in [2.24, 2.45) is 0 Å². The molecular weight excluding hydrogens is 282 g/mol. The summed E-state index contributed by atoms with van der Waals surface area (Å²) < 4.78 is 0. The molecule has 1 atom stereocenters. The van der Waals surface area contributed by atoms with Crippen LogP contribution >= 0.6 is 0 Å². The molecule has 2 nitrogen and oxygen atoms in total. The van der Waals surface area contributed by atoms with Crippen molar-refractivity contribution < 1.29 is 4.79 Å². The average Bonchev–Trinajstić information content (AvgIpc) is 2.93.